The van der Waals surface area contributed by atoms with Crippen molar-refractivity contribution in [3.05, 3.63) is 111 Å². The molecule has 4 aromatic rings. The van der Waals surface area contributed by atoms with Crippen molar-refractivity contribution in [3.8, 4) is 5.69 Å². The molecule has 1 aliphatic rings. The number of benzene rings is 2. The molecule has 0 aliphatic carbocycles. The molecule has 0 saturated heterocycles. The van der Waals surface area contributed by atoms with Gasteiger partial charge in [-0.05, 0) is 69.0 Å². The molecule has 0 radical (unpaired) electrons. The molecule has 0 fully saturated rings. The zero-order valence-corrected chi connectivity index (χ0v) is 21.6. The molecule has 3 heterocycles. The van der Waals surface area contributed by atoms with Crippen molar-refractivity contribution in [2.45, 2.75) is 41.0 Å². The Morgan fingerprint density at radius 2 is 1.54 bits per heavy atom. The van der Waals surface area contributed by atoms with Gasteiger partial charge < -0.3 is 0 Å². The van der Waals surface area contributed by atoms with Crippen LogP contribution in [0.3, 0.4) is 0 Å². The number of aromatic amines is 1. The quantitative estimate of drug-likeness (QED) is 0.335. The molecule has 186 valence electrons. The van der Waals surface area contributed by atoms with Gasteiger partial charge in [0, 0.05) is 17.3 Å². The number of aromatic nitrogens is 3. The van der Waals surface area contributed by atoms with E-state index in [0.29, 0.717) is 23.5 Å². The molecule has 0 saturated carbocycles. The van der Waals surface area contributed by atoms with E-state index in [1.54, 1.807) is 35.0 Å². The SMILES string of the molecule is CCc1[nH]n(-c2cccc(C)c2C)c(=O)c1C1=C([n+]2ccc(C)c(C)c2)C(=O)N(c2ccccc2)C1=O. The summed E-state index contributed by atoms with van der Waals surface area (Å²) < 4.78 is 3.14. The zero-order valence-electron chi connectivity index (χ0n) is 21.6. The van der Waals surface area contributed by atoms with E-state index in [0.717, 1.165) is 27.2 Å². The van der Waals surface area contributed by atoms with Crippen LogP contribution in [0.1, 0.15) is 40.4 Å². The minimum absolute atomic E-state index is 0.101. The number of para-hydroxylation sites is 1. The number of imide groups is 1. The summed E-state index contributed by atoms with van der Waals surface area (Å²) in [7, 11) is 0. The van der Waals surface area contributed by atoms with E-state index in [2.05, 4.69) is 5.10 Å². The summed E-state index contributed by atoms with van der Waals surface area (Å²) in [4.78, 5) is 43.1. The van der Waals surface area contributed by atoms with Crippen LogP contribution in [0.15, 0.2) is 71.8 Å². The number of amides is 2. The lowest BCUT2D eigenvalue weighted by molar-refractivity contribution is -0.577. The number of nitrogens with one attached hydrogen (secondary N) is 1. The highest BCUT2D eigenvalue weighted by molar-refractivity contribution is 6.53. The second-order valence-corrected chi connectivity index (χ2v) is 9.40. The normalized spacial score (nSPS) is 13.7. The number of anilines is 1. The van der Waals surface area contributed by atoms with Crippen molar-refractivity contribution < 1.29 is 14.2 Å². The molecule has 7 nitrogen and oxygen atoms in total. The maximum atomic E-state index is 14.0. The predicted molar refractivity (Wildman–Crippen MR) is 143 cm³/mol. The van der Waals surface area contributed by atoms with E-state index >= 15 is 0 Å². The zero-order chi connectivity index (χ0) is 26.4. The van der Waals surface area contributed by atoms with Crippen molar-refractivity contribution >= 4 is 28.8 Å². The van der Waals surface area contributed by atoms with Crippen LogP contribution >= 0.6 is 0 Å². The summed E-state index contributed by atoms with van der Waals surface area (Å²) in [6.45, 7) is 9.80. The third-order valence-electron chi connectivity index (χ3n) is 7.16. The maximum absolute atomic E-state index is 14.0. The van der Waals surface area contributed by atoms with Crippen molar-refractivity contribution in [2.75, 3.05) is 4.90 Å². The van der Waals surface area contributed by atoms with Gasteiger partial charge in [0.1, 0.15) is 5.57 Å². The topological polar surface area (TPSA) is 79.1 Å². The van der Waals surface area contributed by atoms with Crippen molar-refractivity contribution in [3.63, 3.8) is 0 Å². The fraction of sp³-hybridized carbons (Fsp3) is 0.200. The fourth-order valence-corrected chi connectivity index (χ4v) is 4.75. The summed E-state index contributed by atoms with van der Waals surface area (Å²) in [6, 6.07) is 16.5. The first-order chi connectivity index (χ1) is 17.7. The molecule has 0 atom stereocenters. The second kappa shape index (κ2) is 9.17. The van der Waals surface area contributed by atoms with Crippen LogP contribution in [-0.2, 0) is 16.0 Å². The van der Waals surface area contributed by atoms with E-state index < -0.39 is 11.8 Å². The maximum Gasteiger partial charge on any atom is 0.331 e. The van der Waals surface area contributed by atoms with Gasteiger partial charge >= 0.3 is 5.91 Å². The van der Waals surface area contributed by atoms with Crippen LogP contribution in [0.25, 0.3) is 17.0 Å². The largest absolute Gasteiger partial charge is 0.331 e. The monoisotopic (exact) mass is 493 g/mol. The Balaban J connectivity index is 1.81. The lowest BCUT2D eigenvalue weighted by Gasteiger charge is -2.13. The highest BCUT2D eigenvalue weighted by Gasteiger charge is 2.48. The third kappa shape index (κ3) is 3.83. The van der Waals surface area contributed by atoms with E-state index in [1.165, 1.54) is 4.68 Å². The molecular weight excluding hydrogens is 464 g/mol. The first kappa shape index (κ1) is 24.2. The van der Waals surface area contributed by atoms with Gasteiger partial charge in [0.25, 0.3) is 17.2 Å². The van der Waals surface area contributed by atoms with Gasteiger partial charge in [-0.15, -0.1) is 0 Å². The van der Waals surface area contributed by atoms with Crippen LogP contribution in [0, 0.1) is 27.7 Å². The summed E-state index contributed by atoms with van der Waals surface area (Å²) in [5, 5.41) is 3.22. The molecule has 0 bridgehead atoms. The van der Waals surface area contributed by atoms with Crippen molar-refractivity contribution in [2.24, 2.45) is 0 Å². The molecular formula is C30H29N4O3+. The Bertz CT molecular complexity index is 1660. The van der Waals surface area contributed by atoms with Gasteiger partial charge in [0.2, 0.25) is 0 Å². The number of aryl methyl sites for hydroxylation is 4. The number of hydrogen-bond donors (Lipinski definition) is 1. The van der Waals surface area contributed by atoms with Crippen LogP contribution < -0.4 is 15.0 Å². The van der Waals surface area contributed by atoms with Crippen LogP contribution in [0.5, 0.6) is 0 Å². The van der Waals surface area contributed by atoms with Gasteiger partial charge in [0.05, 0.1) is 16.9 Å². The molecule has 7 heteroatoms. The molecule has 1 N–H and O–H groups in total. The molecule has 1 aliphatic heterocycles. The Kier molecular flexibility index (Phi) is 5.99. The predicted octanol–water partition coefficient (Wildman–Crippen LogP) is 4.19. The number of rotatable bonds is 5. The number of pyridine rings is 1. The van der Waals surface area contributed by atoms with Gasteiger partial charge in [-0.3, -0.25) is 19.5 Å². The van der Waals surface area contributed by atoms with Gasteiger partial charge in [-0.1, -0.05) is 37.3 Å². The standard InChI is InChI=1S/C30H28N4O3/c1-6-23-25(29(36)34(31-23)24-14-10-11-19(3)21(24)5)26-27(32-16-15-18(2)20(4)17-32)30(37)33(28(26)35)22-12-8-7-9-13-22/h7-17H,6H2,1-5H3/p+1. The van der Waals surface area contributed by atoms with E-state index in [1.807, 2.05) is 71.1 Å². The Hall–Kier alpha value is -4.52. The van der Waals surface area contributed by atoms with Crippen molar-refractivity contribution in [1.29, 1.82) is 0 Å². The molecule has 37 heavy (non-hydrogen) atoms. The summed E-state index contributed by atoms with van der Waals surface area (Å²) in [5.74, 6) is -0.990. The highest BCUT2D eigenvalue weighted by atomic mass is 16.2. The minimum Gasteiger partial charge on any atom is -0.294 e. The van der Waals surface area contributed by atoms with Gasteiger partial charge in [-0.25, -0.2) is 9.58 Å². The lowest BCUT2D eigenvalue weighted by atomic mass is 10.0. The number of nitrogens with zero attached hydrogens (tertiary/aromatic N) is 3. The molecule has 2 aromatic heterocycles. The average Bonchev–Trinajstić information content (AvgIpc) is 3.34. The first-order valence-corrected chi connectivity index (χ1v) is 12.3. The van der Waals surface area contributed by atoms with Crippen LogP contribution in [-0.4, -0.2) is 21.6 Å². The highest BCUT2D eigenvalue weighted by Crippen LogP contribution is 2.33. The molecule has 2 amide bonds. The number of carbonyl (C=O) groups is 2. The van der Waals surface area contributed by atoms with Gasteiger partial charge in [-0.2, -0.15) is 4.57 Å². The lowest BCUT2D eigenvalue weighted by Crippen LogP contribution is -2.40. The number of hydrogen-bond acceptors (Lipinski definition) is 3. The minimum atomic E-state index is -0.518. The second-order valence-electron chi connectivity index (χ2n) is 9.40. The van der Waals surface area contributed by atoms with E-state index in [9.17, 15) is 14.4 Å². The van der Waals surface area contributed by atoms with Crippen LogP contribution in [0.2, 0.25) is 0 Å². The summed E-state index contributed by atoms with van der Waals surface area (Å²) in [5.41, 5.74) is 5.91. The summed E-state index contributed by atoms with van der Waals surface area (Å²) >= 11 is 0. The molecule has 0 spiro atoms. The van der Waals surface area contributed by atoms with E-state index in [-0.39, 0.29) is 22.4 Å². The Labute approximate surface area is 215 Å². The van der Waals surface area contributed by atoms with E-state index in [4.69, 9.17) is 0 Å². The fourth-order valence-electron chi connectivity index (χ4n) is 4.75. The Morgan fingerprint density at radius 3 is 2.22 bits per heavy atom. The molecule has 0 unspecified atom stereocenters. The summed E-state index contributed by atoms with van der Waals surface area (Å²) in [6.07, 6.45) is 4.06. The van der Waals surface area contributed by atoms with Crippen LogP contribution in [0.4, 0.5) is 5.69 Å². The number of H-pyrrole nitrogens is 1. The first-order valence-electron chi connectivity index (χ1n) is 12.3. The smallest absolute Gasteiger partial charge is 0.294 e. The molecule has 5 rings (SSSR count). The average molecular weight is 494 g/mol. The molecule has 2 aromatic carbocycles. The Morgan fingerprint density at radius 1 is 0.811 bits per heavy atom. The third-order valence-corrected chi connectivity index (χ3v) is 7.16. The number of carbonyl (C=O) groups excluding carboxylic acids is 2. The van der Waals surface area contributed by atoms with Crippen molar-refractivity contribution in [1.82, 2.24) is 9.78 Å². The van der Waals surface area contributed by atoms with Gasteiger partial charge in [0.15, 0.2) is 12.4 Å².